The van der Waals surface area contributed by atoms with E-state index in [0.717, 1.165) is 28.2 Å². The van der Waals surface area contributed by atoms with Crippen LogP contribution in [0, 0.1) is 33.6 Å². The van der Waals surface area contributed by atoms with Crippen LogP contribution < -0.4 is 15.6 Å². The second-order valence-electron chi connectivity index (χ2n) is 8.71. The van der Waals surface area contributed by atoms with Gasteiger partial charge in [-0.25, -0.2) is 0 Å². The Labute approximate surface area is 193 Å². The Morgan fingerprint density at radius 1 is 0.879 bits per heavy atom. The Balaban J connectivity index is 1.38. The van der Waals surface area contributed by atoms with Crippen LogP contribution in [0.4, 0.5) is 11.4 Å². The standard InChI is InChI=1S/C26H28N4O3/c1-16-11-17(2)13-23(12-16)29-15-21(14-24(29)31)25(32)27-22-9-7-20(8-10-22)26(33)28-30-18(3)5-6-19(30)4/h5-13,21H,14-15H2,1-4H3,(H,27,32)(H,28,33)/t21-/m1/s1. The van der Waals surface area contributed by atoms with Crippen LogP contribution in [0.25, 0.3) is 0 Å². The third kappa shape index (κ3) is 4.82. The van der Waals surface area contributed by atoms with E-state index in [9.17, 15) is 14.4 Å². The molecule has 0 aliphatic carbocycles. The number of hydrogen-bond donors (Lipinski definition) is 2. The van der Waals surface area contributed by atoms with Crippen LogP contribution >= 0.6 is 0 Å². The van der Waals surface area contributed by atoms with Gasteiger partial charge in [0.05, 0.1) is 5.92 Å². The zero-order valence-electron chi connectivity index (χ0n) is 19.3. The molecule has 1 saturated heterocycles. The van der Waals surface area contributed by atoms with Crippen molar-refractivity contribution in [1.82, 2.24) is 4.68 Å². The molecular weight excluding hydrogens is 416 g/mol. The monoisotopic (exact) mass is 444 g/mol. The van der Waals surface area contributed by atoms with E-state index in [1.54, 1.807) is 33.8 Å². The van der Waals surface area contributed by atoms with Crippen molar-refractivity contribution < 1.29 is 14.4 Å². The van der Waals surface area contributed by atoms with Gasteiger partial charge in [-0.3, -0.25) is 24.5 Å². The second kappa shape index (κ2) is 8.94. The zero-order chi connectivity index (χ0) is 23.7. The summed E-state index contributed by atoms with van der Waals surface area (Å²) in [5.74, 6) is -0.921. The molecule has 0 saturated carbocycles. The lowest BCUT2D eigenvalue weighted by Gasteiger charge is -2.18. The number of aryl methyl sites for hydroxylation is 4. The summed E-state index contributed by atoms with van der Waals surface area (Å²) in [5.41, 5.74) is 8.79. The Kier molecular flexibility index (Phi) is 6.05. The van der Waals surface area contributed by atoms with Crippen molar-refractivity contribution >= 4 is 29.1 Å². The quantitative estimate of drug-likeness (QED) is 0.622. The molecule has 3 aromatic rings. The molecule has 0 radical (unpaired) electrons. The zero-order valence-corrected chi connectivity index (χ0v) is 19.3. The number of amides is 3. The van der Waals surface area contributed by atoms with Gasteiger partial charge in [0, 0.05) is 41.3 Å². The molecule has 1 aliphatic rings. The fourth-order valence-corrected chi connectivity index (χ4v) is 4.20. The summed E-state index contributed by atoms with van der Waals surface area (Å²) in [7, 11) is 0. The molecule has 1 atom stereocenters. The largest absolute Gasteiger partial charge is 0.326 e. The molecule has 2 aromatic carbocycles. The number of benzene rings is 2. The van der Waals surface area contributed by atoms with Gasteiger partial charge >= 0.3 is 0 Å². The van der Waals surface area contributed by atoms with Crippen LogP contribution in [-0.2, 0) is 9.59 Å². The van der Waals surface area contributed by atoms with Gasteiger partial charge in [0.25, 0.3) is 5.91 Å². The maximum absolute atomic E-state index is 12.8. The van der Waals surface area contributed by atoms with E-state index in [1.807, 2.05) is 52.0 Å². The summed E-state index contributed by atoms with van der Waals surface area (Å²) >= 11 is 0. The highest BCUT2D eigenvalue weighted by molar-refractivity contribution is 6.04. The number of anilines is 2. The summed E-state index contributed by atoms with van der Waals surface area (Å²) < 4.78 is 1.73. The summed E-state index contributed by atoms with van der Waals surface area (Å²) in [4.78, 5) is 39.6. The van der Waals surface area contributed by atoms with E-state index < -0.39 is 5.92 Å². The minimum absolute atomic E-state index is 0.0530. The van der Waals surface area contributed by atoms with Crippen molar-refractivity contribution in [1.29, 1.82) is 0 Å². The molecule has 1 aromatic heterocycles. The number of carbonyl (C=O) groups excluding carboxylic acids is 3. The maximum Gasteiger partial charge on any atom is 0.270 e. The molecule has 33 heavy (non-hydrogen) atoms. The van der Waals surface area contributed by atoms with Crippen molar-refractivity contribution in [2.75, 3.05) is 22.2 Å². The van der Waals surface area contributed by atoms with Crippen molar-refractivity contribution in [2.24, 2.45) is 5.92 Å². The SMILES string of the molecule is Cc1cc(C)cc(N2C[C@H](C(=O)Nc3ccc(C(=O)Nn4c(C)ccc4C)cc3)CC2=O)c1. The van der Waals surface area contributed by atoms with Crippen LogP contribution in [0.5, 0.6) is 0 Å². The number of aromatic nitrogens is 1. The van der Waals surface area contributed by atoms with E-state index in [4.69, 9.17) is 0 Å². The molecule has 7 nitrogen and oxygen atoms in total. The van der Waals surface area contributed by atoms with Crippen molar-refractivity contribution in [2.45, 2.75) is 34.1 Å². The molecule has 2 heterocycles. The van der Waals surface area contributed by atoms with Gasteiger partial charge < -0.3 is 10.2 Å². The van der Waals surface area contributed by atoms with Crippen molar-refractivity contribution in [3.8, 4) is 0 Å². The predicted octanol–water partition coefficient (Wildman–Crippen LogP) is 4.10. The second-order valence-corrected chi connectivity index (χ2v) is 8.71. The van der Waals surface area contributed by atoms with Gasteiger partial charge in [0.15, 0.2) is 0 Å². The minimum Gasteiger partial charge on any atom is -0.326 e. The van der Waals surface area contributed by atoms with Crippen molar-refractivity contribution in [3.63, 3.8) is 0 Å². The molecular formula is C26H28N4O3. The molecule has 4 rings (SSSR count). The smallest absolute Gasteiger partial charge is 0.270 e. The van der Waals surface area contributed by atoms with Gasteiger partial charge in [0.2, 0.25) is 11.8 Å². The van der Waals surface area contributed by atoms with E-state index in [1.165, 1.54) is 0 Å². The Hall–Kier alpha value is -3.87. The summed E-state index contributed by atoms with van der Waals surface area (Å²) in [5, 5.41) is 2.87. The minimum atomic E-state index is -0.430. The van der Waals surface area contributed by atoms with Crippen LogP contribution in [0.3, 0.4) is 0 Å². The first kappa shape index (κ1) is 22.3. The number of rotatable bonds is 5. The Morgan fingerprint density at radius 2 is 1.48 bits per heavy atom. The highest BCUT2D eigenvalue weighted by Gasteiger charge is 2.35. The van der Waals surface area contributed by atoms with Crippen LogP contribution in [0.15, 0.2) is 54.6 Å². The fourth-order valence-electron chi connectivity index (χ4n) is 4.20. The highest BCUT2D eigenvalue weighted by Crippen LogP contribution is 2.27. The Morgan fingerprint density at radius 3 is 2.09 bits per heavy atom. The van der Waals surface area contributed by atoms with E-state index in [0.29, 0.717) is 17.8 Å². The van der Waals surface area contributed by atoms with E-state index in [-0.39, 0.29) is 24.1 Å². The predicted molar refractivity (Wildman–Crippen MR) is 129 cm³/mol. The van der Waals surface area contributed by atoms with Crippen molar-refractivity contribution in [3.05, 3.63) is 82.7 Å². The lowest BCUT2D eigenvalue weighted by Crippen LogP contribution is -2.28. The molecule has 0 unspecified atom stereocenters. The van der Waals surface area contributed by atoms with Gasteiger partial charge in [0.1, 0.15) is 0 Å². The number of hydrogen-bond acceptors (Lipinski definition) is 3. The van der Waals surface area contributed by atoms with Crippen LogP contribution in [0.1, 0.15) is 39.3 Å². The molecule has 0 bridgehead atoms. The van der Waals surface area contributed by atoms with Crippen LogP contribution in [-0.4, -0.2) is 28.9 Å². The van der Waals surface area contributed by atoms with Gasteiger partial charge in [-0.15, -0.1) is 0 Å². The number of carbonyl (C=O) groups is 3. The summed E-state index contributed by atoms with van der Waals surface area (Å²) in [6, 6.07) is 16.6. The average Bonchev–Trinajstić information content (AvgIpc) is 3.31. The molecule has 1 fully saturated rings. The molecule has 7 heteroatoms. The Bertz CT molecular complexity index is 1190. The third-order valence-corrected chi connectivity index (χ3v) is 5.91. The van der Waals surface area contributed by atoms with Crippen LogP contribution in [0.2, 0.25) is 0 Å². The summed E-state index contributed by atoms with van der Waals surface area (Å²) in [6.45, 7) is 8.17. The van der Waals surface area contributed by atoms with E-state index in [2.05, 4.69) is 16.8 Å². The maximum atomic E-state index is 12.8. The van der Waals surface area contributed by atoms with Gasteiger partial charge in [-0.2, -0.15) is 0 Å². The first-order valence-electron chi connectivity index (χ1n) is 11.0. The topological polar surface area (TPSA) is 83.4 Å². The first-order valence-corrected chi connectivity index (χ1v) is 11.0. The average molecular weight is 445 g/mol. The fraction of sp³-hybridized carbons (Fsp3) is 0.269. The number of nitrogens with zero attached hydrogens (tertiary/aromatic N) is 2. The highest BCUT2D eigenvalue weighted by atomic mass is 16.2. The molecule has 1 aliphatic heterocycles. The lowest BCUT2D eigenvalue weighted by molar-refractivity contribution is -0.122. The lowest BCUT2D eigenvalue weighted by atomic mass is 10.1. The molecule has 2 N–H and O–H groups in total. The van der Waals surface area contributed by atoms with E-state index >= 15 is 0 Å². The van der Waals surface area contributed by atoms with Gasteiger partial charge in [-0.1, -0.05) is 6.07 Å². The molecule has 0 spiro atoms. The van der Waals surface area contributed by atoms with Gasteiger partial charge in [-0.05, 0) is 87.4 Å². The first-order chi connectivity index (χ1) is 15.7. The summed E-state index contributed by atoms with van der Waals surface area (Å²) in [6.07, 6.45) is 0.175. The third-order valence-electron chi connectivity index (χ3n) is 5.91. The normalized spacial score (nSPS) is 15.6. The molecule has 3 amide bonds. The molecule has 170 valence electrons. The number of nitrogens with one attached hydrogen (secondary N) is 2.